The molecule has 0 bridgehead atoms. The first-order valence-corrected chi connectivity index (χ1v) is 2.97. The molecule has 1 unspecified atom stereocenters. The molecule has 0 saturated heterocycles. The average molecular weight is 144 g/mol. The van der Waals surface area contributed by atoms with E-state index in [1.807, 2.05) is 0 Å². The van der Waals surface area contributed by atoms with Gasteiger partial charge in [0.2, 0.25) is 0 Å². The Kier molecular flexibility index (Phi) is 3.09. The van der Waals surface area contributed by atoms with Crippen molar-refractivity contribution in [3.63, 3.8) is 0 Å². The van der Waals surface area contributed by atoms with Gasteiger partial charge in [-0.25, -0.2) is 0 Å². The predicted octanol–water partition coefficient (Wildman–Crippen LogP) is 0.486. The van der Waals surface area contributed by atoms with Gasteiger partial charge in [-0.2, -0.15) is 0 Å². The molecule has 3 heteroatoms. The molecule has 0 amide bonds. The van der Waals surface area contributed by atoms with Crippen molar-refractivity contribution in [2.45, 2.75) is 19.4 Å². The van der Waals surface area contributed by atoms with Gasteiger partial charge < -0.3 is 9.84 Å². The van der Waals surface area contributed by atoms with Crippen molar-refractivity contribution in [1.82, 2.24) is 0 Å². The van der Waals surface area contributed by atoms with E-state index in [9.17, 15) is 9.90 Å². The molecular formula is C7H12O3. The lowest BCUT2D eigenvalue weighted by Gasteiger charge is -2.16. The van der Waals surface area contributed by atoms with E-state index in [4.69, 9.17) is 0 Å². The zero-order chi connectivity index (χ0) is 8.20. The fraction of sp³-hybridized carbons (Fsp3) is 0.571. The summed E-state index contributed by atoms with van der Waals surface area (Å²) < 4.78 is 4.54. The number of hydrogen-bond acceptors (Lipinski definition) is 3. The second-order valence-electron chi connectivity index (χ2n) is 2.34. The molecule has 0 fully saturated rings. The molecule has 1 atom stereocenters. The van der Waals surface area contributed by atoms with Crippen LogP contribution in [0.3, 0.4) is 0 Å². The fourth-order valence-corrected chi connectivity index (χ4v) is 0.307. The molecule has 1 N–H and O–H groups in total. The van der Waals surface area contributed by atoms with Crippen molar-refractivity contribution in [3.8, 4) is 0 Å². The highest BCUT2D eigenvalue weighted by Crippen LogP contribution is 2.03. The Bertz CT molecular complexity index is 138. The van der Waals surface area contributed by atoms with Crippen LogP contribution < -0.4 is 0 Å². The van der Waals surface area contributed by atoms with E-state index in [-0.39, 0.29) is 6.61 Å². The lowest BCUT2D eigenvalue weighted by Crippen LogP contribution is -2.28. The van der Waals surface area contributed by atoms with Crippen molar-refractivity contribution >= 4 is 5.97 Å². The Morgan fingerprint density at radius 3 is 2.70 bits per heavy atom. The van der Waals surface area contributed by atoms with Crippen LogP contribution in [0.25, 0.3) is 0 Å². The van der Waals surface area contributed by atoms with Gasteiger partial charge in [-0.05, 0) is 6.92 Å². The first kappa shape index (κ1) is 9.17. The van der Waals surface area contributed by atoms with E-state index < -0.39 is 11.6 Å². The lowest BCUT2D eigenvalue weighted by molar-refractivity contribution is -0.145. The SMILES string of the molecule is C=CC(C)(O)COC(C)=O. The van der Waals surface area contributed by atoms with Crippen LogP contribution in [-0.4, -0.2) is 23.3 Å². The highest BCUT2D eigenvalue weighted by atomic mass is 16.5. The summed E-state index contributed by atoms with van der Waals surface area (Å²) in [5, 5.41) is 9.18. The molecule has 0 aromatic heterocycles. The van der Waals surface area contributed by atoms with Crippen molar-refractivity contribution in [1.29, 1.82) is 0 Å². The molecule has 10 heavy (non-hydrogen) atoms. The Morgan fingerprint density at radius 2 is 2.40 bits per heavy atom. The lowest BCUT2D eigenvalue weighted by atomic mass is 10.1. The van der Waals surface area contributed by atoms with Crippen molar-refractivity contribution < 1.29 is 14.6 Å². The first-order chi connectivity index (χ1) is 4.48. The third-order valence-corrected chi connectivity index (χ3v) is 1.01. The second-order valence-corrected chi connectivity index (χ2v) is 2.34. The highest BCUT2D eigenvalue weighted by molar-refractivity contribution is 5.65. The van der Waals surface area contributed by atoms with Gasteiger partial charge in [0.15, 0.2) is 0 Å². The van der Waals surface area contributed by atoms with Gasteiger partial charge in [-0.1, -0.05) is 6.08 Å². The van der Waals surface area contributed by atoms with Crippen LogP contribution in [-0.2, 0) is 9.53 Å². The van der Waals surface area contributed by atoms with E-state index in [2.05, 4.69) is 11.3 Å². The summed E-state index contributed by atoms with van der Waals surface area (Å²) >= 11 is 0. The predicted molar refractivity (Wildman–Crippen MR) is 37.5 cm³/mol. The van der Waals surface area contributed by atoms with Crippen LogP contribution in [0.1, 0.15) is 13.8 Å². The number of esters is 1. The standard InChI is InChI=1S/C7H12O3/c1-4-7(3,9)5-10-6(2)8/h4,9H,1,5H2,2-3H3. The molecule has 3 nitrogen and oxygen atoms in total. The van der Waals surface area contributed by atoms with Crippen LogP contribution in [0.5, 0.6) is 0 Å². The van der Waals surface area contributed by atoms with Crippen LogP contribution >= 0.6 is 0 Å². The second kappa shape index (κ2) is 3.37. The molecule has 0 aromatic carbocycles. The summed E-state index contributed by atoms with van der Waals surface area (Å²) in [5.41, 5.74) is -1.11. The van der Waals surface area contributed by atoms with E-state index in [0.29, 0.717) is 0 Å². The van der Waals surface area contributed by atoms with Crippen molar-refractivity contribution in [2.24, 2.45) is 0 Å². The summed E-state index contributed by atoms with van der Waals surface area (Å²) in [6.07, 6.45) is 1.33. The Morgan fingerprint density at radius 1 is 1.90 bits per heavy atom. The van der Waals surface area contributed by atoms with Crippen LogP contribution in [0.15, 0.2) is 12.7 Å². The molecule has 0 aliphatic heterocycles. The van der Waals surface area contributed by atoms with Gasteiger partial charge in [0, 0.05) is 6.92 Å². The van der Waals surface area contributed by atoms with Gasteiger partial charge in [0.25, 0.3) is 0 Å². The zero-order valence-corrected chi connectivity index (χ0v) is 6.26. The topological polar surface area (TPSA) is 46.5 Å². The van der Waals surface area contributed by atoms with Gasteiger partial charge >= 0.3 is 5.97 Å². The van der Waals surface area contributed by atoms with Crippen molar-refractivity contribution in [3.05, 3.63) is 12.7 Å². The maximum Gasteiger partial charge on any atom is 0.302 e. The van der Waals surface area contributed by atoms with Gasteiger partial charge in [0.05, 0.1) is 0 Å². The molecule has 0 radical (unpaired) electrons. The van der Waals surface area contributed by atoms with Gasteiger partial charge in [-0.3, -0.25) is 4.79 Å². The number of rotatable bonds is 3. The minimum absolute atomic E-state index is 0.0359. The maximum absolute atomic E-state index is 10.2. The van der Waals surface area contributed by atoms with Crippen LogP contribution in [0.2, 0.25) is 0 Å². The van der Waals surface area contributed by atoms with E-state index in [1.54, 1.807) is 0 Å². The summed E-state index contributed by atoms with van der Waals surface area (Å²) in [4.78, 5) is 10.2. The molecule has 0 aliphatic rings. The van der Waals surface area contributed by atoms with Gasteiger partial charge in [-0.15, -0.1) is 6.58 Å². The van der Waals surface area contributed by atoms with E-state index >= 15 is 0 Å². The normalized spacial score (nSPS) is 15.5. The Labute approximate surface area is 60.3 Å². The van der Waals surface area contributed by atoms with Crippen LogP contribution in [0.4, 0.5) is 0 Å². The Balaban J connectivity index is 3.67. The third kappa shape index (κ3) is 4.09. The monoisotopic (exact) mass is 144 g/mol. The summed E-state index contributed by atoms with van der Waals surface area (Å²) in [6, 6.07) is 0. The van der Waals surface area contributed by atoms with Crippen molar-refractivity contribution in [2.75, 3.05) is 6.61 Å². The van der Waals surface area contributed by atoms with E-state index in [1.165, 1.54) is 19.9 Å². The zero-order valence-electron chi connectivity index (χ0n) is 6.26. The fourth-order valence-electron chi connectivity index (χ4n) is 0.307. The summed E-state index contributed by atoms with van der Waals surface area (Å²) in [5.74, 6) is -0.401. The average Bonchev–Trinajstić information content (AvgIpc) is 1.85. The number of carbonyl (C=O) groups excluding carboxylic acids is 1. The van der Waals surface area contributed by atoms with Gasteiger partial charge in [0.1, 0.15) is 12.2 Å². The first-order valence-electron chi connectivity index (χ1n) is 2.97. The maximum atomic E-state index is 10.2. The summed E-state index contributed by atoms with van der Waals surface area (Å²) in [6.45, 7) is 6.14. The van der Waals surface area contributed by atoms with Crippen LogP contribution in [0, 0.1) is 0 Å². The Hall–Kier alpha value is -0.830. The number of aliphatic hydroxyl groups is 1. The molecule has 0 aliphatic carbocycles. The number of hydrogen-bond donors (Lipinski definition) is 1. The van der Waals surface area contributed by atoms with E-state index in [0.717, 1.165) is 0 Å². The molecule has 0 saturated carbocycles. The number of ether oxygens (including phenoxy) is 1. The minimum Gasteiger partial charge on any atom is -0.462 e. The smallest absolute Gasteiger partial charge is 0.302 e. The number of carbonyl (C=O) groups is 1. The molecule has 0 rings (SSSR count). The molecule has 0 spiro atoms. The molecule has 0 heterocycles. The quantitative estimate of drug-likeness (QED) is 0.463. The minimum atomic E-state index is -1.11. The molecular weight excluding hydrogens is 132 g/mol. The molecule has 58 valence electrons. The third-order valence-electron chi connectivity index (χ3n) is 1.01. The largest absolute Gasteiger partial charge is 0.462 e. The highest BCUT2D eigenvalue weighted by Gasteiger charge is 2.16. The molecule has 0 aromatic rings. The summed E-state index contributed by atoms with van der Waals surface area (Å²) in [7, 11) is 0.